The number of benzene rings is 1. The molecule has 0 spiro atoms. The van der Waals surface area contributed by atoms with Crippen molar-refractivity contribution in [3.63, 3.8) is 0 Å². The molecule has 80 valence electrons. The minimum Gasteiger partial charge on any atom is -0.259 e. The van der Waals surface area contributed by atoms with Crippen LogP contribution in [0.3, 0.4) is 0 Å². The molecule has 0 atom stereocenters. The van der Waals surface area contributed by atoms with E-state index in [1.165, 1.54) is 12.1 Å². The van der Waals surface area contributed by atoms with E-state index in [4.69, 9.17) is 0 Å². The molecule has 0 bridgehead atoms. The van der Waals surface area contributed by atoms with Gasteiger partial charge in [-0.2, -0.15) is 0 Å². The Kier molecular flexibility index (Phi) is 3.59. The lowest BCUT2D eigenvalue weighted by molar-refractivity contribution is -0.402. The molecule has 1 rings (SSSR count). The molecule has 0 aliphatic rings. The van der Waals surface area contributed by atoms with E-state index in [0.29, 0.717) is 11.6 Å². The maximum absolute atomic E-state index is 11.4. The predicted molar refractivity (Wildman–Crippen MR) is 57.5 cm³/mol. The van der Waals surface area contributed by atoms with Crippen molar-refractivity contribution in [3.8, 4) is 0 Å². The molecule has 0 amide bonds. The van der Waals surface area contributed by atoms with Gasteiger partial charge in [-0.3, -0.25) is 10.1 Å². The average molecular weight is 292 g/mol. The van der Waals surface area contributed by atoms with Crippen molar-refractivity contribution in [1.82, 2.24) is 0 Å². The van der Waals surface area contributed by atoms with E-state index in [2.05, 4.69) is 15.9 Å². The lowest BCUT2D eigenvalue weighted by Crippen LogP contribution is -1.97. The summed E-state index contributed by atoms with van der Waals surface area (Å²) >= 11 is 3.15. The van der Waals surface area contributed by atoms with Crippen LogP contribution in [0.2, 0.25) is 0 Å². The lowest BCUT2D eigenvalue weighted by Gasteiger charge is -1.97. The van der Waals surface area contributed by atoms with Gasteiger partial charge in [-0.1, -0.05) is 15.9 Å². The number of nitro groups is 1. The molecule has 0 aliphatic carbocycles. The highest BCUT2D eigenvalue weighted by Crippen LogP contribution is 2.16. The fourth-order valence-electron chi connectivity index (χ4n) is 0.833. The molecule has 0 unspecified atom stereocenters. The summed E-state index contributed by atoms with van der Waals surface area (Å²) in [7, 11) is -3.72. The van der Waals surface area contributed by atoms with Crippen molar-refractivity contribution in [2.75, 3.05) is 0 Å². The summed E-state index contributed by atoms with van der Waals surface area (Å²) in [6.45, 7) is 0. The van der Waals surface area contributed by atoms with Crippen LogP contribution in [0.15, 0.2) is 45.2 Å². The Morgan fingerprint density at radius 2 is 1.80 bits per heavy atom. The largest absolute Gasteiger partial charge is 0.259 e. The zero-order chi connectivity index (χ0) is 11.5. The van der Waals surface area contributed by atoms with E-state index in [9.17, 15) is 18.5 Å². The zero-order valence-corrected chi connectivity index (χ0v) is 9.73. The smallest absolute Gasteiger partial charge is 0.246 e. The topological polar surface area (TPSA) is 77.3 Å². The summed E-state index contributed by atoms with van der Waals surface area (Å²) < 4.78 is 23.6. The fraction of sp³-hybridized carbons (Fsp3) is 0. The molecule has 0 aliphatic heterocycles. The van der Waals surface area contributed by atoms with Crippen LogP contribution in [0.25, 0.3) is 0 Å². The molecule has 0 saturated carbocycles. The van der Waals surface area contributed by atoms with E-state index < -0.39 is 14.8 Å². The number of rotatable bonds is 3. The van der Waals surface area contributed by atoms with E-state index in [1.807, 2.05) is 0 Å². The molecule has 7 heteroatoms. The Morgan fingerprint density at radius 3 is 2.27 bits per heavy atom. The van der Waals surface area contributed by atoms with Crippen molar-refractivity contribution in [2.45, 2.75) is 4.90 Å². The number of sulfone groups is 1. The van der Waals surface area contributed by atoms with E-state index >= 15 is 0 Å². The summed E-state index contributed by atoms with van der Waals surface area (Å²) in [6, 6.07) is 5.83. The fourth-order valence-corrected chi connectivity index (χ4v) is 2.03. The molecule has 0 N–H and O–H groups in total. The zero-order valence-electron chi connectivity index (χ0n) is 7.33. The molecule has 0 fully saturated rings. The minimum atomic E-state index is -3.72. The summed E-state index contributed by atoms with van der Waals surface area (Å²) in [5.74, 6) is 0. The second-order valence-corrected chi connectivity index (χ2v) is 5.32. The van der Waals surface area contributed by atoms with Crippen molar-refractivity contribution >= 4 is 25.8 Å². The van der Waals surface area contributed by atoms with Crippen LogP contribution in [0.1, 0.15) is 0 Å². The van der Waals surface area contributed by atoms with Gasteiger partial charge in [0.05, 0.1) is 9.82 Å². The maximum Gasteiger partial charge on any atom is 0.246 e. The normalized spacial score (nSPS) is 11.8. The lowest BCUT2D eigenvalue weighted by atomic mass is 10.4. The van der Waals surface area contributed by atoms with Crippen molar-refractivity contribution in [2.24, 2.45) is 0 Å². The van der Waals surface area contributed by atoms with Gasteiger partial charge in [0, 0.05) is 4.47 Å². The van der Waals surface area contributed by atoms with E-state index in [-0.39, 0.29) is 4.90 Å². The number of hydrogen-bond donors (Lipinski definition) is 0. The van der Waals surface area contributed by atoms with Gasteiger partial charge >= 0.3 is 0 Å². The first-order valence-corrected chi connectivity index (χ1v) is 6.08. The number of hydrogen-bond acceptors (Lipinski definition) is 4. The third kappa shape index (κ3) is 3.45. The van der Waals surface area contributed by atoms with Crippen LogP contribution < -0.4 is 0 Å². The minimum absolute atomic E-state index is 0.0174. The molecule has 0 heterocycles. The number of halogens is 1. The van der Waals surface area contributed by atoms with Crippen LogP contribution in [-0.2, 0) is 9.84 Å². The highest BCUT2D eigenvalue weighted by atomic mass is 79.9. The van der Waals surface area contributed by atoms with Gasteiger partial charge in [0.25, 0.3) is 0 Å². The molecular formula is C8H6BrNO4S. The highest BCUT2D eigenvalue weighted by molar-refractivity contribution is 9.10. The summed E-state index contributed by atoms with van der Waals surface area (Å²) in [6.07, 6.45) is 0.400. The maximum atomic E-state index is 11.4. The van der Waals surface area contributed by atoms with E-state index in [1.54, 1.807) is 12.1 Å². The van der Waals surface area contributed by atoms with Crippen molar-refractivity contribution < 1.29 is 13.3 Å². The summed E-state index contributed by atoms with van der Waals surface area (Å²) in [5, 5.41) is 10.5. The molecule has 1 aromatic rings. The average Bonchev–Trinajstić information content (AvgIpc) is 2.16. The second kappa shape index (κ2) is 4.54. The first kappa shape index (κ1) is 11.9. The van der Waals surface area contributed by atoms with Crippen LogP contribution in [0.5, 0.6) is 0 Å². The Morgan fingerprint density at radius 1 is 1.27 bits per heavy atom. The van der Waals surface area contributed by atoms with Crippen LogP contribution in [0, 0.1) is 10.1 Å². The quantitative estimate of drug-likeness (QED) is 0.630. The first-order valence-electron chi connectivity index (χ1n) is 3.74. The highest BCUT2D eigenvalue weighted by Gasteiger charge is 2.11. The van der Waals surface area contributed by atoms with Gasteiger partial charge in [-0.25, -0.2) is 8.42 Å². The SMILES string of the molecule is O=[N+]([O-])/C=C/S(=O)(=O)c1ccc(Br)cc1. The number of nitrogens with zero attached hydrogens (tertiary/aromatic N) is 1. The van der Waals surface area contributed by atoms with Crippen molar-refractivity contribution in [3.05, 3.63) is 50.5 Å². The van der Waals surface area contributed by atoms with Gasteiger partial charge in [0.15, 0.2) is 0 Å². The predicted octanol–water partition coefficient (Wildman–Crippen LogP) is 1.97. The summed E-state index contributed by atoms with van der Waals surface area (Å²) in [4.78, 5) is 9.17. The van der Waals surface area contributed by atoms with Crippen LogP contribution in [-0.4, -0.2) is 13.3 Å². The Bertz CT molecular complexity index is 492. The van der Waals surface area contributed by atoms with Gasteiger partial charge in [-0.05, 0) is 24.3 Å². The molecule has 1 aromatic carbocycles. The standard InChI is InChI=1S/C8H6BrNO4S/c9-7-1-3-8(4-2-7)15(13,14)6-5-10(11)12/h1-6H/b6-5+. The first-order chi connectivity index (χ1) is 6.92. The van der Waals surface area contributed by atoms with Gasteiger partial charge in [0.1, 0.15) is 5.41 Å². The monoisotopic (exact) mass is 291 g/mol. The van der Waals surface area contributed by atoms with Crippen molar-refractivity contribution in [1.29, 1.82) is 0 Å². The second-order valence-electron chi connectivity index (χ2n) is 2.57. The van der Waals surface area contributed by atoms with Crippen LogP contribution in [0.4, 0.5) is 0 Å². The van der Waals surface area contributed by atoms with E-state index in [0.717, 1.165) is 4.47 Å². The molecule has 0 saturated heterocycles. The molecule has 15 heavy (non-hydrogen) atoms. The third-order valence-electron chi connectivity index (χ3n) is 1.50. The van der Waals surface area contributed by atoms with Gasteiger partial charge in [-0.15, -0.1) is 0 Å². The third-order valence-corrected chi connectivity index (χ3v) is 3.44. The molecule has 0 radical (unpaired) electrons. The summed E-state index contributed by atoms with van der Waals surface area (Å²) in [5.41, 5.74) is 0. The van der Waals surface area contributed by atoms with Gasteiger partial charge < -0.3 is 0 Å². The van der Waals surface area contributed by atoms with Gasteiger partial charge in [0.2, 0.25) is 16.0 Å². The van der Waals surface area contributed by atoms with Crippen LogP contribution >= 0.6 is 15.9 Å². The molecule has 0 aromatic heterocycles. The Hall–Kier alpha value is -1.21. The molecular weight excluding hydrogens is 286 g/mol. The Balaban J connectivity index is 3.07. The molecule has 5 nitrogen and oxygen atoms in total. The Labute approximate surface area is 94.6 Å².